The molecule has 4 rings (SSSR count). The summed E-state index contributed by atoms with van der Waals surface area (Å²) in [7, 11) is -4.05. The topological polar surface area (TPSA) is 104 Å². The fraction of sp³-hybridized carbons (Fsp3) is 0.421. The molecule has 1 N–H and O–H groups in total. The summed E-state index contributed by atoms with van der Waals surface area (Å²) >= 11 is 0. The van der Waals surface area contributed by atoms with Gasteiger partial charge >= 0.3 is 0 Å². The minimum atomic E-state index is -4.05. The van der Waals surface area contributed by atoms with Crippen LogP contribution in [0.15, 0.2) is 36.7 Å². The van der Waals surface area contributed by atoms with Crippen molar-refractivity contribution in [3.8, 4) is 11.3 Å². The quantitative estimate of drug-likeness (QED) is 0.420. The molecular weight excluding hydrogens is 468 g/mol. The molecule has 1 fully saturated rings. The summed E-state index contributed by atoms with van der Waals surface area (Å²) in [6, 6.07) is 5.80. The molecule has 3 aromatic heterocycles. The molecule has 0 radical (unpaired) electrons. The second kappa shape index (κ2) is 8.50. The van der Waals surface area contributed by atoms with Crippen LogP contribution >= 0.6 is 0 Å². The number of aromatic nitrogens is 4. The van der Waals surface area contributed by atoms with Gasteiger partial charge in [-0.3, -0.25) is 5.21 Å². The second-order valence-electron chi connectivity index (χ2n) is 7.80. The fourth-order valence-electron chi connectivity index (χ4n) is 3.65. The number of pyridine rings is 1. The molecule has 1 atom stereocenters. The Hall–Kier alpha value is -2.84. The number of alkyl halides is 4. The molecule has 0 bridgehead atoms. The van der Waals surface area contributed by atoms with Gasteiger partial charge in [0.1, 0.15) is 11.5 Å². The van der Waals surface area contributed by atoms with Gasteiger partial charge in [0.25, 0.3) is 12.3 Å². The van der Waals surface area contributed by atoms with Crippen LogP contribution in [0.1, 0.15) is 18.5 Å². The first-order valence-corrected chi connectivity index (χ1v) is 11.7. The molecule has 1 aliphatic heterocycles. The first-order valence-electron chi connectivity index (χ1n) is 9.84. The van der Waals surface area contributed by atoms with E-state index >= 15 is 0 Å². The van der Waals surface area contributed by atoms with Gasteiger partial charge in [0.2, 0.25) is 10.0 Å². The lowest BCUT2D eigenvalue weighted by Gasteiger charge is -2.39. The Morgan fingerprint density at radius 3 is 2.73 bits per heavy atom. The molecule has 0 aromatic carbocycles. The van der Waals surface area contributed by atoms with E-state index in [0.29, 0.717) is 22.7 Å². The van der Waals surface area contributed by atoms with Gasteiger partial charge in [-0.25, -0.2) is 40.5 Å². The Bertz CT molecular complexity index is 1270. The number of anilines is 1. The highest BCUT2D eigenvalue weighted by Gasteiger charge is 2.46. The van der Waals surface area contributed by atoms with Crippen LogP contribution < -0.4 is 4.90 Å². The molecule has 0 spiro atoms. The van der Waals surface area contributed by atoms with Crippen LogP contribution in [-0.2, 0) is 10.0 Å². The number of imidazole rings is 1. The molecule has 14 heteroatoms. The van der Waals surface area contributed by atoms with Crippen LogP contribution in [0.5, 0.6) is 0 Å². The summed E-state index contributed by atoms with van der Waals surface area (Å²) in [6.45, 7) is -1.07. The average molecular weight is 488 g/mol. The maximum Gasteiger partial charge on any atom is 0.282 e. The van der Waals surface area contributed by atoms with Crippen LogP contribution in [0, 0.1) is 5.92 Å². The number of hydrogen-bond donors (Lipinski definition) is 1. The van der Waals surface area contributed by atoms with Crippen molar-refractivity contribution in [3.63, 3.8) is 0 Å². The zero-order valence-corrected chi connectivity index (χ0v) is 18.1. The number of sulfonamides is 1. The van der Waals surface area contributed by atoms with Gasteiger partial charge in [0, 0.05) is 31.3 Å². The Morgan fingerprint density at radius 2 is 2.03 bits per heavy atom. The maximum absolute atomic E-state index is 14.4. The van der Waals surface area contributed by atoms with Crippen LogP contribution in [0.4, 0.5) is 23.4 Å². The normalized spacial score (nSPS) is 19.0. The summed E-state index contributed by atoms with van der Waals surface area (Å²) < 4.78 is 79.1. The predicted octanol–water partition coefficient (Wildman–Crippen LogP) is 2.84. The SMILES string of the molecule is CS(=O)(=O)N(O)CC1CN(c2cc(-c3cnc4ccc(C(F)F)nn34)ccn2)CCC1(F)F. The number of fused-ring (bicyclic) bond motifs is 1. The van der Waals surface area contributed by atoms with Gasteiger partial charge in [0.05, 0.1) is 30.6 Å². The van der Waals surface area contributed by atoms with E-state index in [1.165, 1.54) is 29.0 Å². The Morgan fingerprint density at radius 1 is 1.27 bits per heavy atom. The number of hydrogen-bond acceptors (Lipinski definition) is 7. The monoisotopic (exact) mass is 488 g/mol. The van der Waals surface area contributed by atoms with Crippen molar-refractivity contribution in [2.24, 2.45) is 5.92 Å². The molecule has 0 aliphatic carbocycles. The van der Waals surface area contributed by atoms with E-state index in [1.54, 1.807) is 17.0 Å². The largest absolute Gasteiger partial charge is 0.356 e. The zero-order chi connectivity index (χ0) is 24.0. The first-order chi connectivity index (χ1) is 15.5. The van der Waals surface area contributed by atoms with E-state index < -0.39 is 46.9 Å². The zero-order valence-electron chi connectivity index (χ0n) is 17.3. The molecule has 4 heterocycles. The third-order valence-electron chi connectivity index (χ3n) is 5.48. The molecule has 1 saturated heterocycles. The van der Waals surface area contributed by atoms with Crippen molar-refractivity contribution in [2.45, 2.75) is 18.8 Å². The second-order valence-corrected chi connectivity index (χ2v) is 9.68. The number of hydroxylamine groups is 1. The van der Waals surface area contributed by atoms with Crippen molar-refractivity contribution in [3.05, 3.63) is 42.4 Å². The molecule has 3 aromatic rings. The van der Waals surface area contributed by atoms with E-state index in [1.807, 2.05) is 0 Å². The number of halogens is 4. The Kier molecular flexibility index (Phi) is 6.01. The predicted molar refractivity (Wildman–Crippen MR) is 110 cm³/mol. The first kappa shape index (κ1) is 23.3. The minimum absolute atomic E-state index is 0.0504. The van der Waals surface area contributed by atoms with Crippen LogP contribution in [-0.4, -0.2) is 69.5 Å². The highest BCUT2D eigenvalue weighted by atomic mass is 32.2. The van der Waals surface area contributed by atoms with Crippen molar-refractivity contribution >= 4 is 21.5 Å². The molecule has 9 nitrogen and oxygen atoms in total. The minimum Gasteiger partial charge on any atom is -0.356 e. The lowest BCUT2D eigenvalue weighted by atomic mass is 9.93. The van der Waals surface area contributed by atoms with Crippen LogP contribution in [0.25, 0.3) is 16.9 Å². The number of nitrogens with zero attached hydrogens (tertiary/aromatic N) is 6. The lowest BCUT2D eigenvalue weighted by molar-refractivity contribution is -0.106. The molecule has 1 unspecified atom stereocenters. The van der Waals surface area contributed by atoms with E-state index in [-0.39, 0.29) is 17.6 Å². The summed E-state index contributed by atoms with van der Waals surface area (Å²) in [5.74, 6) is -4.32. The summed E-state index contributed by atoms with van der Waals surface area (Å²) in [5, 5.41) is 13.6. The maximum atomic E-state index is 14.4. The van der Waals surface area contributed by atoms with Crippen molar-refractivity contribution < 1.29 is 31.2 Å². The van der Waals surface area contributed by atoms with E-state index in [4.69, 9.17) is 0 Å². The van der Waals surface area contributed by atoms with Gasteiger partial charge in [-0.1, -0.05) is 4.47 Å². The molecule has 1 aliphatic rings. The van der Waals surface area contributed by atoms with E-state index in [2.05, 4.69) is 15.1 Å². The molecule has 33 heavy (non-hydrogen) atoms. The van der Waals surface area contributed by atoms with Crippen LogP contribution in [0.3, 0.4) is 0 Å². The standard InChI is InChI=1S/C19H20F4N6O3S/c1-33(31,32)28(30)11-13-10-27(7-5-19(13,22)23)17-8-12(4-6-24-17)15-9-25-16-3-2-14(18(20)21)26-29(15)16/h2-4,6,8-9,13,18,30H,5,7,10-11H2,1H3. The summed E-state index contributed by atoms with van der Waals surface area (Å²) in [6.07, 6.45) is 0.301. The third-order valence-corrected chi connectivity index (χ3v) is 6.40. The van der Waals surface area contributed by atoms with Crippen LogP contribution in [0.2, 0.25) is 0 Å². The third kappa shape index (κ3) is 4.77. The van der Waals surface area contributed by atoms with E-state index in [0.717, 1.165) is 6.26 Å². The highest BCUT2D eigenvalue weighted by molar-refractivity contribution is 7.88. The summed E-state index contributed by atoms with van der Waals surface area (Å²) in [5.41, 5.74) is 0.875. The highest BCUT2D eigenvalue weighted by Crippen LogP contribution is 2.36. The Balaban J connectivity index is 1.63. The lowest BCUT2D eigenvalue weighted by Crippen LogP contribution is -2.51. The smallest absolute Gasteiger partial charge is 0.282 e. The van der Waals surface area contributed by atoms with Gasteiger partial charge in [-0.2, -0.15) is 5.10 Å². The van der Waals surface area contributed by atoms with E-state index in [9.17, 15) is 31.2 Å². The van der Waals surface area contributed by atoms with Crippen molar-refractivity contribution in [2.75, 3.05) is 30.8 Å². The summed E-state index contributed by atoms with van der Waals surface area (Å²) in [4.78, 5) is 9.94. The van der Waals surface area contributed by atoms with Crippen molar-refractivity contribution in [1.29, 1.82) is 0 Å². The fourth-order valence-corrected chi connectivity index (χ4v) is 4.10. The number of piperidine rings is 1. The Labute approximate surface area is 186 Å². The van der Waals surface area contributed by atoms with Gasteiger partial charge in [-0.05, 0) is 24.3 Å². The van der Waals surface area contributed by atoms with Gasteiger partial charge in [-0.15, -0.1) is 0 Å². The molecular formula is C19H20F4N6O3S. The van der Waals surface area contributed by atoms with Crippen molar-refractivity contribution in [1.82, 2.24) is 24.1 Å². The number of rotatable bonds is 6. The van der Waals surface area contributed by atoms with Gasteiger partial charge < -0.3 is 4.90 Å². The average Bonchev–Trinajstić information content (AvgIpc) is 3.17. The molecule has 178 valence electrons. The van der Waals surface area contributed by atoms with Gasteiger partial charge in [0.15, 0.2) is 5.65 Å². The molecule has 0 saturated carbocycles. The molecule has 0 amide bonds.